The number of aromatic amines is 1. The van der Waals surface area contributed by atoms with E-state index in [2.05, 4.69) is 96.0 Å². The van der Waals surface area contributed by atoms with Gasteiger partial charge >= 0.3 is 5.69 Å². The summed E-state index contributed by atoms with van der Waals surface area (Å²) in [6.07, 6.45) is 11.0. The van der Waals surface area contributed by atoms with E-state index < -0.39 is 42.9 Å². The van der Waals surface area contributed by atoms with Gasteiger partial charge in [0.15, 0.2) is 5.75 Å². The lowest BCUT2D eigenvalue weighted by Crippen LogP contribution is -2.62. The Morgan fingerprint density at radius 1 is 1.00 bits per heavy atom. The van der Waals surface area contributed by atoms with Crippen LogP contribution in [-0.4, -0.2) is 106 Å². The molecule has 2 saturated carbocycles. The van der Waals surface area contributed by atoms with E-state index >= 15 is 0 Å². The number of nitriles is 1. The second kappa shape index (κ2) is 21.5. The molecule has 6 heterocycles. The van der Waals surface area contributed by atoms with Crippen LogP contribution in [0.3, 0.4) is 0 Å². The maximum absolute atomic E-state index is 15.0. The summed E-state index contributed by atoms with van der Waals surface area (Å²) < 4.78 is 56.8. The Bertz CT molecular complexity index is 3430. The van der Waals surface area contributed by atoms with E-state index in [4.69, 9.17) is 9.47 Å². The number of rotatable bonds is 16. The topological polar surface area (TPSA) is 232 Å². The van der Waals surface area contributed by atoms with Crippen LogP contribution in [0.25, 0.3) is 11.0 Å². The summed E-state index contributed by atoms with van der Waals surface area (Å²) >= 11 is 0. The van der Waals surface area contributed by atoms with Gasteiger partial charge in [-0.25, -0.2) is 22.5 Å². The molecule has 3 aromatic carbocycles. The zero-order valence-corrected chi connectivity index (χ0v) is 45.8. The van der Waals surface area contributed by atoms with Gasteiger partial charge in [-0.2, -0.15) is 10.2 Å². The zero-order chi connectivity index (χ0) is 55.4. The molecule has 11 rings (SSSR count). The summed E-state index contributed by atoms with van der Waals surface area (Å²) in [7, 11) is -3.38. The molecule has 0 radical (unpaired) electrons. The number of carbonyl (C=O) groups excluding carboxylic acids is 1. The minimum atomic E-state index is -4.75. The number of anilines is 2. The molecule has 1 spiro atoms. The second-order valence-corrected chi connectivity index (χ2v) is 24.8. The molecular formula is C59H67FN10O8S. The molecule has 3 atom stereocenters. The number of hydrogen-bond acceptors (Lipinski definition) is 15. The molecule has 3 aromatic heterocycles. The first-order chi connectivity index (χ1) is 37.9. The summed E-state index contributed by atoms with van der Waals surface area (Å²) in [5.41, 5.74) is 4.28. The third-order valence-corrected chi connectivity index (χ3v) is 19.0. The first kappa shape index (κ1) is 53.8. The van der Waals surface area contributed by atoms with Crippen molar-refractivity contribution in [3.8, 4) is 23.4 Å². The largest absolute Gasteiger partial charge is 0.478 e. The number of nitrogens with zero attached hydrogens (tertiary/aromatic N) is 7. The van der Waals surface area contributed by atoms with Gasteiger partial charge in [-0.1, -0.05) is 50.2 Å². The number of methoxy groups -OCH3 is 1. The molecule has 79 heavy (non-hydrogen) atoms. The van der Waals surface area contributed by atoms with Crippen LogP contribution < -0.4 is 24.4 Å². The Labute approximate surface area is 459 Å². The predicted octanol–water partition coefficient (Wildman–Crippen LogP) is 10.1. The number of aliphatic hydroxyl groups is 1. The average Bonchev–Trinajstić information content (AvgIpc) is 4.19. The number of aromatic nitrogens is 3. The Morgan fingerprint density at radius 3 is 2.46 bits per heavy atom. The third-order valence-electron chi connectivity index (χ3n) is 17.7. The highest BCUT2D eigenvalue weighted by Gasteiger charge is 2.55. The summed E-state index contributed by atoms with van der Waals surface area (Å²) in [5.74, 6) is -1.39. The average molecular weight is 1100 g/mol. The SMILES string of the molecule is COc1nc2[nH]cc(F)c2cc1Oc1cc(N2CCC3(CC2)CC(N2CC4CCC([C@H]2c2ccccc2C(C)C)N4Cc2ccc(C#N)cc2)C3)ccc1C(=O)NS(=O)(=O)c1cnc(NCC2CCC(C)(O)CC2)c([N+](=O)[O-])c1. The number of ether oxygens (including phenoxy) is 2. The number of nitrogens with one attached hydrogen (secondary N) is 3. The van der Waals surface area contributed by atoms with E-state index in [1.807, 2.05) is 12.1 Å². The number of amides is 1. The maximum atomic E-state index is 15.0. The van der Waals surface area contributed by atoms with Gasteiger partial charge in [-0.3, -0.25) is 24.7 Å². The molecule has 6 aromatic rings. The van der Waals surface area contributed by atoms with Crippen LogP contribution in [0.2, 0.25) is 0 Å². The quantitative estimate of drug-likeness (QED) is 0.0522. The Kier molecular flexibility index (Phi) is 14.6. The van der Waals surface area contributed by atoms with E-state index in [0.29, 0.717) is 61.8 Å². The molecule has 3 saturated heterocycles. The summed E-state index contributed by atoms with van der Waals surface area (Å²) in [6.45, 7) is 9.99. The molecule has 5 aliphatic rings. The van der Waals surface area contributed by atoms with Crippen molar-refractivity contribution >= 4 is 44.2 Å². The van der Waals surface area contributed by atoms with Crippen LogP contribution >= 0.6 is 0 Å². The molecule has 1 amide bonds. The molecule has 3 aliphatic heterocycles. The van der Waals surface area contributed by atoms with Crippen LogP contribution in [0.4, 0.5) is 21.6 Å². The highest BCUT2D eigenvalue weighted by Crippen LogP contribution is 2.56. The van der Waals surface area contributed by atoms with Crippen molar-refractivity contribution in [3.63, 3.8) is 0 Å². The lowest BCUT2D eigenvalue weighted by atomic mass is 9.59. The molecule has 2 bridgehead atoms. The molecular weight excluding hydrogens is 1030 g/mol. The number of hydrogen-bond donors (Lipinski definition) is 4. The monoisotopic (exact) mass is 1090 g/mol. The van der Waals surface area contributed by atoms with Crippen molar-refractivity contribution in [2.75, 3.05) is 43.5 Å². The van der Waals surface area contributed by atoms with Crippen LogP contribution in [0, 0.1) is 38.6 Å². The number of nitro groups is 1. The van der Waals surface area contributed by atoms with Crippen molar-refractivity contribution in [1.29, 1.82) is 5.26 Å². The van der Waals surface area contributed by atoms with Gasteiger partial charge in [0.1, 0.15) is 22.1 Å². The second-order valence-electron chi connectivity index (χ2n) is 23.1. The van der Waals surface area contributed by atoms with E-state index in [9.17, 15) is 38.1 Å². The van der Waals surface area contributed by atoms with Crippen LogP contribution in [0.5, 0.6) is 17.4 Å². The number of H-pyrrole nitrogens is 1. The zero-order valence-electron chi connectivity index (χ0n) is 45.0. The van der Waals surface area contributed by atoms with Crippen molar-refractivity contribution in [2.24, 2.45) is 11.3 Å². The first-order valence-electron chi connectivity index (χ1n) is 27.5. The molecule has 18 nitrogen and oxygen atoms in total. The van der Waals surface area contributed by atoms with E-state index in [-0.39, 0.29) is 57.2 Å². The predicted molar refractivity (Wildman–Crippen MR) is 296 cm³/mol. The standard InChI is InChI=1S/C59H67FN10O8S/c1-36(2)44-7-5-6-8-45(44)53-49-16-14-41(68(49)34-39-11-9-37(30-61)10-12-39)35-69(53)42-28-59(29-42)21-23-67(24-22-59)40-13-15-46(51(25-40)78-52-27-47-48(60)33-64-54(47)65-57(52)77-4)56(71)66-79(75,76)43-26-50(70(73)74)55(63-32-43)62-31-38-17-19-58(3,72)20-18-38/h5-13,15,25-27,32-33,36,38,41-42,49,53,72H,14,16-24,28-29,31,34-35H2,1-4H3,(H,62,63)(H,64,65)(H,66,71)/t38?,41?,49?,53-,58?/m1/s1. The summed E-state index contributed by atoms with van der Waals surface area (Å²) in [5, 5.41) is 35.2. The minimum absolute atomic E-state index is 0.0173. The van der Waals surface area contributed by atoms with Gasteiger partial charge in [0.25, 0.3) is 21.8 Å². The van der Waals surface area contributed by atoms with Gasteiger partial charge in [0.2, 0.25) is 5.82 Å². The Balaban J connectivity index is 0.816. The van der Waals surface area contributed by atoms with E-state index in [1.54, 1.807) is 19.1 Å². The van der Waals surface area contributed by atoms with Crippen molar-refractivity contribution in [2.45, 2.75) is 132 Å². The van der Waals surface area contributed by atoms with Crippen LogP contribution in [-0.2, 0) is 16.6 Å². The van der Waals surface area contributed by atoms with Crippen molar-refractivity contribution in [3.05, 3.63) is 135 Å². The lowest BCUT2D eigenvalue weighted by molar-refractivity contribution is -0.384. The number of halogens is 1. The number of fused-ring (bicyclic) bond motifs is 3. The van der Waals surface area contributed by atoms with Crippen molar-refractivity contribution in [1.82, 2.24) is 29.5 Å². The van der Waals surface area contributed by atoms with Gasteiger partial charge in [-0.15, -0.1) is 0 Å². The molecule has 2 aliphatic carbocycles. The van der Waals surface area contributed by atoms with E-state index in [1.165, 1.54) is 35.9 Å². The molecule has 5 fully saturated rings. The molecule has 4 N–H and O–H groups in total. The normalized spacial score (nSPS) is 23.3. The van der Waals surface area contributed by atoms with E-state index in [0.717, 1.165) is 88.9 Å². The number of benzene rings is 3. The highest BCUT2D eigenvalue weighted by molar-refractivity contribution is 7.90. The number of piperidine rings is 1. The van der Waals surface area contributed by atoms with Crippen LogP contribution in [0.15, 0.2) is 96.2 Å². The molecule has 20 heteroatoms. The highest BCUT2D eigenvalue weighted by atomic mass is 32.2. The first-order valence-corrected chi connectivity index (χ1v) is 28.9. The third kappa shape index (κ3) is 10.9. The number of sulfonamides is 1. The minimum Gasteiger partial charge on any atom is -0.478 e. The van der Waals surface area contributed by atoms with Crippen molar-refractivity contribution < 1.29 is 37.1 Å². The van der Waals surface area contributed by atoms with Gasteiger partial charge in [-0.05, 0) is 129 Å². The Hall–Kier alpha value is -7.18. The maximum Gasteiger partial charge on any atom is 0.312 e. The fourth-order valence-corrected chi connectivity index (χ4v) is 14.2. The van der Waals surface area contributed by atoms with Gasteiger partial charge < -0.3 is 29.8 Å². The number of piperazine rings is 1. The fourth-order valence-electron chi connectivity index (χ4n) is 13.2. The number of likely N-dealkylation sites (tertiary alicyclic amines) is 1. The fraction of sp³-hybridized carbons (Fsp3) is 0.458. The lowest BCUT2D eigenvalue weighted by Gasteiger charge is -2.60. The Morgan fingerprint density at radius 2 is 1.75 bits per heavy atom. The number of pyridine rings is 2. The number of carbonyl (C=O) groups is 1. The summed E-state index contributed by atoms with van der Waals surface area (Å²) in [6, 6.07) is 27.9. The van der Waals surface area contributed by atoms with Gasteiger partial charge in [0, 0.05) is 80.9 Å². The molecule has 2 unspecified atom stereocenters. The van der Waals surface area contributed by atoms with Gasteiger partial charge in [0.05, 0.1) is 52.5 Å². The van der Waals surface area contributed by atoms with Crippen LogP contribution in [0.1, 0.15) is 130 Å². The summed E-state index contributed by atoms with van der Waals surface area (Å²) in [4.78, 5) is 44.2. The smallest absolute Gasteiger partial charge is 0.312 e. The molecule has 414 valence electrons.